The SMILES string of the molecule is C=Cn1nccc1C=C(C)C. The minimum Gasteiger partial charge on any atom is -0.242 e. The van der Waals surface area contributed by atoms with E-state index >= 15 is 0 Å². The molecule has 1 aromatic rings. The second-order valence-electron chi connectivity index (χ2n) is 2.60. The molecule has 1 aromatic heterocycles. The van der Waals surface area contributed by atoms with Crippen LogP contribution in [0, 0.1) is 0 Å². The zero-order valence-electron chi connectivity index (χ0n) is 6.91. The van der Waals surface area contributed by atoms with Gasteiger partial charge in [0.05, 0.1) is 5.69 Å². The molecule has 58 valence electrons. The Hall–Kier alpha value is -1.31. The van der Waals surface area contributed by atoms with Gasteiger partial charge in [0.25, 0.3) is 0 Å². The van der Waals surface area contributed by atoms with E-state index in [2.05, 4.69) is 31.6 Å². The molecule has 0 fully saturated rings. The Bertz CT molecular complexity index is 278. The van der Waals surface area contributed by atoms with Crippen molar-refractivity contribution in [2.45, 2.75) is 13.8 Å². The second-order valence-corrected chi connectivity index (χ2v) is 2.60. The first kappa shape index (κ1) is 7.79. The Morgan fingerprint density at radius 3 is 2.91 bits per heavy atom. The number of hydrogen-bond donors (Lipinski definition) is 0. The van der Waals surface area contributed by atoms with Crippen molar-refractivity contribution in [1.29, 1.82) is 0 Å². The van der Waals surface area contributed by atoms with Crippen molar-refractivity contribution in [3.8, 4) is 0 Å². The molecule has 0 atom stereocenters. The summed E-state index contributed by atoms with van der Waals surface area (Å²) in [6.45, 7) is 7.75. The van der Waals surface area contributed by atoms with Gasteiger partial charge in [0, 0.05) is 12.4 Å². The van der Waals surface area contributed by atoms with Gasteiger partial charge in [0.1, 0.15) is 0 Å². The third-order valence-electron chi connectivity index (χ3n) is 1.31. The molecule has 1 heterocycles. The summed E-state index contributed by atoms with van der Waals surface area (Å²) in [5, 5.41) is 4.04. The average Bonchev–Trinajstić information content (AvgIpc) is 2.34. The number of hydrogen-bond acceptors (Lipinski definition) is 1. The predicted octanol–water partition coefficient (Wildman–Crippen LogP) is 2.41. The highest BCUT2D eigenvalue weighted by Crippen LogP contribution is 2.05. The highest BCUT2D eigenvalue weighted by atomic mass is 15.3. The summed E-state index contributed by atoms with van der Waals surface area (Å²) in [7, 11) is 0. The van der Waals surface area contributed by atoms with Crippen molar-refractivity contribution < 1.29 is 0 Å². The smallest absolute Gasteiger partial charge is 0.0660 e. The van der Waals surface area contributed by atoms with E-state index < -0.39 is 0 Å². The summed E-state index contributed by atoms with van der Waals surface area (Å²) in [6.07, 6.45) is 5.51. The summed E-state index contributed by atoms with van der Waals surface area (Å²) in [6, 6.07) is 1.95. The van der Waals surface area contributed by atoms with Gasteiger partial charge in [0.2, 0.25) is 0 Å². The third-order valence-corrected chi connectivity index (χ3v) is 1.31. The van der Waals surface area contributed by atoms with Gasteiger partial charge < -0.3 is 0 Å². The lowest BCUT2D eigenvalue weighted by Gasteiger charge is -1.95. The maximum absolute atomic E-state index is 4.04. The Balaban J connectivity index is 3.03. The number of allylic oxidation sites excluding steroid dienone is 1. The molecule has 11 heavy (non-hydrogen) atoms. The van der Waals surface area contributed by atoms with Crippen LogP contribution in [-0.2, 0) is 0 Å². The van der Waals surface area contributed by atoms with Crippen LogP contribution in [0.15, 0.2) is 24.4 Å². The maximum Gasteiger partial charge on any atom is 0.0660 e. The summed E-state index contributed by atoms with van der Waals surface area (Å²) < 4.78 is 1.74. The van der Waals surface area contributed by atoms with E-state index in [1.54, 1.807) is 17.1 Å². The van der Waals surface area contributed by atoms with Crippen LogP contribution in [0.2, 0.25) is 0 Å². The summed E-state index contributed by atoms with van der Waals surface area (Å²) in [5.74, 6) is 0. The highest BCUT2D eigenvalue weighted by Gasteiger charge is 1.92. The van der Waals surface area contributed by atoms with Gasteiger partial charge in [-0.15, -0.1) is 0 Å². The van der Waals surface area contributed by atoms with Crippen LogP contribution < -0.4 is 0 Å². The maximum atomic E-state index is 4.04. The van der Waals surface area contributed by atoms with Crippen molar-refractivity contribution in [1.82, 2.24) is 9.78 Å². The monoisotopic (exact) mass is 148 g/mol. The first-order valence-electron chi connectivity index (χ1n) is 3.55. The molecule has 0 saturated heterocycles. The van der Waals surface area contributed by atoms with Gasteiger partial charge in [-0.2, -0.15) is 5.10 Å². The van der Waals surface area contributed by atoms with Crippen molar-refractivity contribution in [2.75, 3.05) is 0 Å². The fraction of sp³-hybridized carbons (Fsp3) is 0.222. The molecule has 0 bridgehead atoms. The van der Waals surface area contributed by atoms with E-state index in [1.807, 2.05) is 6.07 Å². The van der Waals surface area contributed by atoms with E-state index in [1.165, 1.54) is 5.57 Å². The van der Waals surface area contributed by atoms with Crippen molar-refractivity contribution in [3.63, 3.8) is 0 Å². The quantitative estimate of drug-likeness (QED) is 0.629. The molecule has 2 heteroatoms. The van der Waals surface area contributed by atoms with E-state index in [-0.39, 0.29) is 0 Å². The van der Waals surface area contributed by atoms with Crippen LogP contribution in [0.5, 0.6) is 0 Å². The molecular formula is C9H12N2. The largest absolute Gasteiger partial charge is 0.242 e. The Labute approximate surface area is 66.8 Å². The predicted molar refractivity (Wildman–Crippen MR) is 47.9 cm³/mol. The van der Waals surface area contributed by atoms with Gasteiger partial charge >= 0.3 is 0 Å². The fourth-order valence-corrected chi connectivity index (χ4v) is 0.887. The van der Waals surface area contributed by atoms with Gasteiger partial charge in [-0.25, -0.2) is 4.68 Å². The lowest BCUT2D eigenvalue weighted by molar-refractivity contribution is 0.925. The number of aromatic nitrogens is 2. The molecule has 0 N–H and O–H groups in total. The molecule has 0 amide bonds. The lowest BCUT2D eigenvalue weighted by atomic mass is 10.3. The standard InChI is InChI=1S/C9H12N2/c1-4-11-9(5-6-10-11)7-8(2)3/h4-7H,1H2,2-3H3. The van der Waals surface area contributed by atoms with Crippen LogP contribution in [0.3, 0.4) is 0 Å². The van der Waals surface area contributed by atoms with Crippen LogP contribution in [-0.4, -0.2) is 9.78 Å². The van der Waals surface area contributed by atoms with E-state index in [0.29, 0.717) is 0 Å². The van der Waals surface area contributed by atoms with E-state index in [4.69, 9.17) is 0 Å². The lowest BCUT2D eigenvalue weighted by Crippen LogP contribution is -1.89. The molecule has 0 aliphatic heterocycles. The second kappa shape index (κ2) is 3.19. The molecular weight excluding hydrogens is 136 g/mol. The molecule has 0 aliphatic rings. The van der Waals surface area contributed by atoms with Gasteiger partial charge in [-0.3, -0.25) is 0 Å². The summed E-state index contributed by atoms with van der Waals surface area (Å²) in [5.41, 5.74) is 2.33. The Kier molecular flexibility index (Phi) is 2.26. The summed E-state index contributed by atoms with van der Waals surface area (Å²) >= 11 is 0. The minimum atomic E-state index is 1.07. The molecule has 0 spiro atoms. The molecule has 0 unspecified atom stereocenters. The zero-order valence-corrected chi connectivity index (χ0v) is 6.91. The van der Waals surface area contributed by atoms with Gasteiger partial charge in [-0.05, 0) is 26.0 Å². The molecule has 0 radical (unpaired) electrons. The van der Waals surface area contributed by atoms with Crippen molar-refractivity contribution >= 4 is 12.3 Å². The molecule has 2 nitrogen and oxygen atoms in total. The van der Waals surface area contributed by atoms with Crippen LogP contribution in [0.4, 0.5) is 0 Å². The molecule has 0 aromatic carbocycles. The highest BCUT2D eigenvalue weighted by molar-refractivity contribution is 5.50. The number of nitrogens with zero attached hydrogens (tertiary/aromatic N) is 2. The van der Waals surface area contributed by atoms with Gasteiger partial charge in [-0.1, -0.05) is 12.2 Å². The van der Waals surface area contributed by atoms with Crippen LogP contribution in [0.25, 0.3) is 12.3 Å². The van der Waals surface area contributed by atoms with Crippen LogP contribution in [0.1, 0.15) is 19.5 Å². The van der Waals surface area contributed by atoms with Crippen LogP contribution >= 0.6 is 0 Å². The minimum absolute atomic E-state index is 1.07. The molecule has 0 saturated carbocycles. The van der Waals surface area contributed by atoms with Crippen molar-refractivity contribution in [2.24, 2.45) is 0 Å². The van der Waals surface area contributed by atoms with E-state index in [9.17, 15) is 0 Å². The van der Waals surface area contributed by atoms with Crippen molar-refractivity contribution in [3.05, 3.63) is 30.1 Å². The topological polar surface area (TPSA) is 17.8 Å². The molecule has 0 aliphatic carbocycles. The summed E-state index contributed by atoms with van der Waals surface area (Å²) in [4.78, 5) is 0. The number of rotatable bonds is 2. The van der Waals surface area contributed by atoms with E-state index in [0.717, 1.165) is 5.69 Å². The average molecular weight is 148 g/mol. The molecule has 1 rings (SSSR count). The fourth-order valence-electron chi connectivity index (χ4n) is 0.887. The zero-order chi connectivity index (χ0) is 8.27. The third kappa shape index (κ3) is 1.80. The first-order chi connectivity index (χ1) is 5.24. The Morgan fingerprint density at radius 1 is 1.64 bits per heavy atom. The first-order valence-corrected chi connectivity index (χ1v) is 3.55. The van der Waals surface area contributed by atoms with Gasteiger partial charge in [0.15, 0.2) is 0 Å². The normalized spacial score (nSPS) is 9.27. The Morgan fingerprint density at radius 2 is 2.36 bits per heavy atom.